The van der Waals surface area contributed by atoms with Crippen LogP contribution < -0.4 is 5.32 Å². The molecule has 2 aliphatic heterocycles. The zero-order valence-corrected chi connectivity index (χ0v) is 19.5. The summed E-state index contributed by atoms with van der Waals surface area (Å²) in [7, 11) is 0. The van der Waals surface area contributed by atoms with Gasteiger partial charge in [0.05, 0.1) is 29.8 Å². The summed E-state index contributed by atoms with van der Waals surface area (Å²) >= 11 is 1.50. The number of aliphatic imine (C=N–C) groups is 1. The molecule has 6 nitrogen and oxygen atoms in total. The van der Waals surface area contributed by atoms with Gasteiger partial charge in [-0.2, -0.15) is 0 Å². The van der Waals surface area contributed by atoms with Crippen LogP contribution in [0.2, 0.25) is 0 Å². The van der Waals surface area contributed by atoms with E-state index < -0.39 is 0 Å². The van der Waals surface area contributed by atoms with E-state index in [0.29, 0.717) is 17.3 Å². The number of allylic oxidation sites excluding steroid dienone is 1. The van der Waals surface area contributed by atoms with Gasteiger partial charge in [0.1, 0.15) is 0 Å². The molecule has 2 heterocycles. The number of amidine groups is 1. The number of esters is 1. The lowest BCUT2D eigenvalue weighted by Gasteiger charge is -2.37. The van der Waals surface area contributed by atoms with Crippen LogP contribution in [0.25, 0.3) is 0 Å². The summed E-state index contributed by atoms with van der Waals surface area (Å²) < 4.78 is 5.61. The van der Waals surface area contributed by atoms with Crippen LogP contribution in [-0.4, -0.2) is 34.1 Å². The van der Waals surface area contributed by atoms with Crippen LogP contribution >= 0.6 is 11.8 Å². The molecule has 1 aliphatic carbocycles. The summed E-state index contributed by atoms with van der Waals surface area (Å²) in [6.45, 7) is 9.64. The summed E-state index contributed by atoms with van der Waals surface area (Å²) in [6.07, 6.45) is 2.13. The molecule has 1 aromatic rings. The van der Waals surface area contributed by atoms with Crippen LogP contribution in [0.3, 0.4) is 0 Å². The van der Waals surface area contributed by atoms with Gasteiger partial charge >= 0.3 is 5.97 Å². The number of carbonyl (C=O) groups is 2. The quantitative estimate of drug-likeness (QED) is 0.661. The fraction of sp³-hybridized carbons (Fsp3) is 0.458. The lowest BCUT2D eigenvalue weighted by molar-refractivity contribution is -0.143. The third kappa shape index (κ3) is 4.56. The number of hydrogen-bond acceptors (Lipinski definition) is 6. The molecular weight excluding hydrogens is 410 g/mol. The van der Waals surface area contributed by atoms with E-state index in [0.717, 1.165) is 40.4 Å². The highest BCUT2D eigenvalue weighted by Crippen LogP contribution is 2.45. The number of carbonyl (C=O) groups excluding carboxylic acids is 2. The second kappa shape index (κ2) is 8.54. The Hall–Kier alpha value is -2.54. The maximum Gasteiger partial charge on any atom is 0.338 e. The number of thioether (sulfide) groups is 1. The monoisotopic (exact) mass is 439 g/mol. The Bertz CT molecular complexity index is 1020. The molecule has 1 N–H and O–H groups in total. The highest BCUT2D eigenvalue weighted by Gasteiger charge is 2.42. The Kier molecular flexibility index (Phi) is 5.97. The lowest BCUT2D eigenvalue weighted by Crippen LogP contribution is -2.38. The van der Waals surface area contributed by atoms with Gasteiger partial charge in [0.15, 0.2) is 5.17 Å². The van der Waals surface area contributed by atoms with Crippen molar-refractivity contribution in [2.75, 3.05) is 0 Å². The molecular formula is C24H29N3O3S. The van der Waals surface area contributed by atoms with E-state index in [4.69, 9.17) is 9.73 Å². The van der Waals surface area contributed by atoms with Gasteiger partial charge in [0.2, 0.25) is 5.91 Å². The minimum absolute atomic E-state index is 0.00731. The minimum Gasteiger partial charge on any atom is -0.459 e. The van der Waals surface area contributed by atoms with Crippen molar-refractivity contribution in [3.05, 3.63) is 57.3 Å². The van der Waals surface area contributed by atoms with Crippen LogP contribution in [0.15, 0.2) is 45.6 Å². The number of rotatable bonds is 6. The lowest BCUT2D eigenvalue weighted by atomic mass is 9.90. The van der Waals surface area contributed by atoms with E-state index in [1.54, 1.807) is 0 Å². The van der Waals surface area contributed by atoms with Gasteiger partial charge in [-0.15, -0.1) is 0 Å². The fourth-order valence-electron chi connectivity index (χ4n) is 3.93. The average Bonchev–Trinajstić information content (AvgIpc) is 3.41. The van der Waals surface area contributed by atoms with Crippen molar-refractivity contribution < 1.29 is 14.3 Å². The van der Waals surface area contributed by atoms with Crippen molar-refractivity contribution in [3.63, 3.8) is 0 Å². The Morgan fingerprint density at radius 3 is 2.68 bits per heavy atom. The minimum atomic E-state index is -0.381. The molecule has 0 bridgehead atoms. The summed E-state index contributed by atoms with van der Waals surface area (Å²) in [5, 5.41) is 5.83. The fourth-order valence-corrected chi connectivity index (χ4v) is 4.89. The summed E-state index contributed by atoms with van der Waals surface area (Å²) in [5.41, 5.74) is 5.27. The van der Waals surface area contributed by atoms with E-state index in [1.165, 1.54) is 11.8 Å². The maximum absolute atomic E-state index is 13.2. The standard InChI is InChI=1S/C24H29N3O3S/c1-13(2)30-23(29)21-16(5)25-24-27(22(21)19-10-14(3)6-7-15(19)4)18(12-31-24)11-20(28)26-17-8-9-17/h6-7,10,12-13,17,22H,8-9,11H2,1-5H3,(H,26,28)/t22-/m0/s1. The van der Waals surface area contributed by atoms with Crippen LogP contribution in [0.4, 0.5) is 0 Å². The van der Waals surface area contributed by atoms with E-state index in [9.17, 15) is 9.59 Å². The average molecular weight is 440 g/mol. The maximum atomic E-state index is 13.2. The van der Waals surface area contributed by atoms with Crippen molar-refractivity contribution in [2.24, 2.45) is 4.99 Å². The van der Waals surface area contributed by atoms with Gasteiger partial charge in [0, 0.05) is 11.7 Å². The first kappa shape index (κ1) is 21.7. The SMILES string of the molecule is CC1=C(C(=O)OC(C)C)[C@H](c2cc(C)ccc2C)N2C(CC(=O)NC3CC3)=CSC2=N1. The van der Waals surface area contributed by atoms with Crippen molar-refractivity contribution in [1.29, 1.82) is 0 Å². The molecule has 1 saturated carbocycles. The van der Waals surface area contributed by atoms with Crippen molar-refractivity contribution >= 4 is 28.8 Å². The van der Waals surface area contributed by atoms with E-state index >= 15 is 0 Å². The normalized spacial score (nSPS) is 20.5. The molecule has 0 spiro atoms. The molecule has 1 amide bonds. The molecule has 3 aliphatic rings. The topological polar surface area (TPSA) is 71.0 Å². The number of ether oxygens (including phenoxy) is 1. The van der Waals surface area contributed by atoms with Crippen molar-refractivity contribution in [1.82, 2.24) is 10.2 Å². The Morgan fingerprint density at radius 2 is 2.00 bits per heavy atom. The molecule has 7 heteroatoms. The third-order valence-electron chi connectivity index (χ3n) is 5.58. The van der Waals surface area contributed by atoms with Gasteiger partial charge in [-0.25, -0.2) is 9.79 Å². The Morgan fingerprint density at radius 1 is 1.26 bits per heavy atom. The highest BCUT2D eigenvalue weighted by molar-refractivity contribution is 8.16. The molecule has 1 fully saturated rings. The van der Waals surface area contributed by atoms with Crippen LogP contribution in [0.5, 0.6) is 0 Å². The largest absolute Gasteiger partial charge is 0.459 e. The second-order valence-corrected chi connectivity index (χ2v) is 9.56. The van der Waals surface area contributed by atoms with Gasteiger partial charge in [-0.1, -0.05) is 35.5 Å². The molecule has 0 aromatic heterocycles. The summed E-state index contributed by atoms with van der Waals surface area (Å²) in [4.78, 5) is 32.5. The molecule has 0 radical (unpaired) electrons. The molecule has 1 atom stereocenters. The first-order valence-electron chi connectivity index (χ1n) is 10.8. The van der Waals surface area contributed by atoms with Crippen LogP contribution in [-0.2, 0) is 14.3 Å². The first-order valence-corrected chi connectivity index (χ1v) is 11.6. The molecule has 1 aromatic carbocycles. The number of fused-ring (bicyclic) bond motifs is 1. The predicted octanol–water partition coefficient (Wildman–Crippen LogP) is 4.50. The zero-order valence-electron chi connectivity index (χ0n) is 18.7. The molecule has 164 valence electrons. The molecule has 0 unspecified atom stereocenters. The second-order valence-electron chi connectivity index (χ2n) is 8.73. The van der Waals surface area contributed by atoms with Crippen LogP contribution in [0.1, 0.15) is 62.8 Å². The van der Waals surface area contributed by atoms with E-state index in [2.05, 4.69) is 23.5 Å². The molecule has 31 heavy (non-hydrogen) atoms. The van der Waals surface area contributed by atoms with Crippen molar-refractivity contribution in [2.45, 2.75) is 72.1 Å². The van der Waals surface area contributed by atoms with E-state index in [-0.39, 0.29) is 30.4 Å². The number of amides is 1. The van der Waals surface area contributed by atoms with Gasteiger partial charge in [-0.05, 0) is 64.0 Å². The van der Waals surface area contributed by atoms with Gasteiger partial charge in [-0.3, -0.25) is 4.79 Å². The van der Waals surface area contributed by atoms with Gasteiger partial charge < -0.3 is 15.0 Å². The summed E-state index contributed by atoms with van der Waals surface area (Å²) in [6, 6.07) is 6.18. The number of nitrogens with one attached hydrogen (secondary N) is 1. The zero-order chi connectivity index (χ0) is 22.3. The number of benzene rings is 1. The third-order valence-corrected chi connectivity index (χ3v) is 6.47. The van der Waals surface area contributed by atoms with Gasteiger partial charge in [0.25, 0.3) is 0 Å². The molecule has 0 saturated heterocycles. The number of nitrogens with zero attached hydrogens (tertiary/aromatic N) is 2. The smallest absolute Gasteiger partial charge is 0.338 e. The molecule has 4 rings (SSSR count). The van der Waals surface area contributed by atoms with Crippen molar-refractivity contribution in [3.8, 4) is 0 Å². The Balaban J connectivity index is 1.76. The first-order chi connectivity index (χ1) is 14.7. The Labute approximate surface area is 187 Å². The number of hydrogen-bond donors (Lipinski definition) is 1. The summed E-state index contributed by atoms with van der Waals surface area (Å²) in [5.74, 6) is -0.354. The highest BCUT2D eigenvalue weighted by atomic mass is 32.2. The van der Waals surface area contributed by atoms with Crippen LogP contribution in [0, 0.1) is 13.8 Å². The predicted molar refractivity (Wildman–Crippen MR) is 123 cm³/mol. The number of aryl methyl sites for hydroxylation is 2. The van der Waals surface area contributed by atoms with E-state index in [1.807, 2.05) is 44.9 Å².